The van der Waals surface area contributed by atoms with E-state index in [1.807, 2.05) is 0 Å². The molecule has 2 fully saturated rings. The average molecular weight is 183 g/mol. The second-order valence-electron chi connectivity index (χ2n) is 4.46. The van der Waals surface area contributed by atoms with Gasteiger partial charge in [-0.2, -0.15) is 0 Å². The Morgan fingerprint density at radius 2 is 2.08 bits per heavy atom. The predicted molar refractivity (Wildman–Crippen MR) is 53.8 cm³/mol. The smallest absolute Gasteiger partial charge is 0.0661 e. The van der Waals surface area contributed by atoms with Crippen molar-refractivity contribution in [1.29, 1.82) is 0 Å². The quantitative estimate of drug-likeness (QED) is 0.722. The summed E-state index contributed by atoms with van der Waals surface area (Å²) in [6.07, 6.45) is 7.35. The van der Waals surface area contributed by atoms with Crippen LogP contribution in [0.15, 0.2) is 0 Å². The molecule has 0 saturated heterocycles. The van der Waals surface area contributed by atoms with Crippen molar-refractivity contribution in [3.05, 3.63) is 0 Å². The van der Waals surface area contributed by atoms with Crippen LogP contribution in [0.1, 0.15) is 39.0 Å². The van der Waals surface area contributed by atoms with Crippen molar-refractivity contribution in [2.24, 2.45) is 5.41 Å². The van der Waals surface area contributed by atoms with E-state index in [1.54, 1.807) is 0 Å². The largest absolute Gasteiger partial charge is 0.378 e. The van der Waals surface area contributed by atoms with Gasteiger partial charge in [-0.3, -0.25) is 0 Å². The van der Waals surface area contributed by atoms with Crippen LogP contribution in [-0.2, 0) is 4.74 Å². The third kappa shape index (κ3) is 1.31. The molecule has 1 N–H and O–H groups in total. The molecule has 0 amide bonds. The minimum absolute atomic E-state index is 0.519. The highest BCUT2D eigenvalue weighted by Gasteiger charge is 2.55. The van der Waals surface area contributed by atoms with Gasteiger partial charge in [-0.15, -0.1) is 0 Å². The summed E-state index contributed by atoms with van der Waals surface area (Å²) in [4.78, 5) is 0. The Balaban J connectivity index is 2.01. The summed E-state index contributed by atoms with van der Waals surface area (Å²) < 4.78 is 5.81. The Labute approximate surface area is 81.0 Å². The molecule has 2 atom stereocenters. The van der Waals surface area contributed by atoms with Crippen molar-refractivity contribution in [2.75, 3.05) is 13.7 Å². The van der Waals surface area contributed by atoms with Gasteiger partial charge in [0.2, 0.25) is 0 Å². The van der Waals surface area contributed by atoms with Crippen LogP contribution in [-0.4, -0.2) is 25.8 Å². The summed E-state index contributed by atoms with van der Waals surface area (Å²) in [7, 11) is 2.09. The van der Waals surface area contributed by atoms with E-state index < -0.39 is 0 Å². The van der Waals surface area contributed by atoms with Gasteiger partial charge in [0.05, 0.1) is 6.10 Å². The molecule has 0 bridgehead atoms. The molecule has 0 unspecified atom stereocenters. The van der Waals surface area contributed by atoms with Crippen molar-refractivity contribution in [2.45, 2.75) is 51.2 Å². The first-order chi connectivity index (χ1) is 6.33. The monoisotopic (exact) mass is 183 g/mol. The number of nitrogens with one attached hydrogen (secondary N) is 1. The lowest BCUT2D eigenvalue weighted by Crippen LogP contribution is -2.61. The molecule has 2 rings (SSSR count). The van der Waals surface area contributed by atoms with Crippen LogP contribution < -0.4 is 5.32 Å². The van der Waals surface area contributed by atoms with Crippen molar-refractivity contribution >= 4 is 0 Å². The second kappa shape index (κ2) is 3.58. The van der Waals surface area contributed by atoms with E-state index in [0.29, 0.717) is 11.5 Å². The summed E-state index contributed by atoms with van der Waals surface area (Å²) in [5.74, 6) is 0. The van der Waals surface area contributed by atoms with E-state index in [-0.39, 0.29) is 0 Å². The molecule has 76 valence electrons. The van der Waals surface area contributed by atoms with Crippen LogP contribution in [0.5, 0.6) is 0 Å². The SMILES string of the molecule is CCO[C@@H]1C[C@@H](NC)C12CCCC2. The lowest BCUT2D eigenvalue weighted by molar-refractivity contribution is -0.128. The maximum Gasteiger partial charge on any atom is 0.0661 e. The summed E-state index contributed by atoms with van der Waals surface area (Å²) in [6, 6.07) is 0.728. The molecule has 2 heteroatoms. The molecule has 2 saturated carbocycles. The number of ether oxygens (including phenoxy) is 1. The molecule has 1 spiro atoms. The van der Waals surface area contributed by atoms with Gasteiger partial charge in [-0.05, 0) is 33.2 Å². The molecule has 0 aromatic heterocycles. The van der Waals surface area contributed by atoms with Crippen LogP contribution >= 0.6 is 0 Å². The molecule has 2 aliphatic rings. The Bertz CT molecular complexity index is 175. The predicted octanol–water partition coefficient (Wildman–Crippen LogP) is 1.94. The van der Waals surface area contributed by atoms with Gasteiger partial charge in [-0.25, -0.2) is 0 Å². The summed E-state index contributed by atoms with van der Waals surface area (Å²) in [6.45, 7) is 2.98. The van der Waals surface area contributed by atoms with E-state index in [1.165, 1.54) is 32.1 Å². The zero-order chi connectivity index (χ0) is 9.31. The van der Waals surface area contributed by atoms with Gasteiger partial charge in [0, 0.05) is 18.1 Å². The third-order valence-electron chi connectivity index (χ3n) is 4.04. The maximum atomic E-state index is 5.81. The van der Waals surface area contributed by atoms with Gasteiger partial charge >= 0.3 is 0 Å². The zero-order valence-corrected chi connectivity index (χ0v) is 8.81. The molecule has 0 heterocycles. The van der Waals surface area contributed by atoms with Gasteiger partial charge in [0.15, 0.2) is 0 Å². The highest BCUT2D eigenvalue weighted by Crippen LogP contribution is 2.54. The molecule has 2 aliphatic carbocycles. The topological polar surface area (TPSA) is 21.3 Å². The van der Waals surface area contributed by atoms with Crippen LogP contribution in [0.4, 0.5) is 0 Å². The first-order valence-corrected chi connectivity index (χ1v) is 5.62. The van der Waals surface area contributed by atoms with Crippen LogP contribution in [0.2, 0.25) is 0 Å². The average Bonchev–Trinajstić information content (AvgIpc) is 2.62. The van der Waals surface area contributed by atoms with Crippen molar-refractivity contribution in [1.82, 2.24) is 5.32 Å². The fourth-order valence-corrected chi connectivity index (χ4v) is 3.29. The van der Waals surface area contributed by atoms with E-state index in [9.17, 15) is 0 Å². The Kier molecular flexibility index (Phi) is 2.61. The lowest BCUT2D eigenvalue weighted by atomic mass is 9.60. The standard InChI is InChI=1S/C11H21NO/c1-3-13-10-8-9(12-2)11(10)6-4-5-7-11/h9-10,12H,3-8H2,1-2H3/t9-,10-/m1/s1. The third-order valence-corrected chi connectivity index (χ3v) is 4.04. The van der Waals surface area contributed by atoms with Crippen LogP contribution in [0, 0.1) is 5.41 Å². The molecule has 0 aliphatic heterocycles. The molecule has 13 heavy (non-hydrogen) atoms. The summed E-state index contributed by atoms with van der Waals surface area (Å²) >= 11 is 0. The molecular formula is C11H21NO. The maximum absolute atomic E-state index is 5.81. The van der Waals surface area contributed by atoms with Crippen LogP contribution in [0.25, 0.3) is 0 Å². The van der Waals surface area contributed by atoms with E-state index in [4.69, 9.17) is 4.74 Å². The normalized spacial score (nSPS) is 36.5. The zero-order valence-electron chi connectivity index (χ0n) is 8.81. The van der Waals surface area contributed by atoms with Crippen LogP contribution in [0.3, 0.4) is 0 Å². The number of hydrogen-bond acceptors (Lipinski definition) is 2. The van der Waals surface area contributed by atoms with E-state index in [0.717, 1.165) is 12.6 Å². The van der Waals surface area contributed by atoms with Crippen molar-refractivity contribution in [3.8, 4) is 0 Å². The number of hydrogen-bond donors (Lipinski definition) is 1. The van der Waals surface area contributed by atoms with Crippen molar-refractivity contribution < 1.29 is 4.74 Å². The highest BCUT2D eigenvalue weighted by atomic mass is 16.5. The minimum atomic E-state index is 0.519. The van der Waals surface area contributed by atoms with Gasteiger partial charge in [0.25, 0.3) is 0 Å². The summed E-state index contributed by atoms with van der Waals surface area (Å²) in [5, 5.41) is 3.44. The number of rotatable bonds is 3. The van der Waals surface area contributed by atoms with Gasteiger partial charge < -0.3 is 10.1 Å². The molecule has 0 aromatic carbocycles. The molecule has 0 aromatic rings. The summed E-state index contributed by atoms with van der Waals surface area (Å²) in [5.41, 5.74) is 0.519. The second-order valence-corrected chi connectivity index (χ2v) is 4.46. The molecular weight excluding hydrogens is 162 g/mol. The minimum Gasteiger partial charge on any atom is -0.378 e. The molecule has 0 radical (unpaired) electrons. The fourth-order valence-electron chi connectivity index (χ4n) is 3.29. The van der Waals surface area contributed by atoms with Crippen molar-refractivity contribution in [3.63, 3.8) is 0 Å². The first-order valence-electron chi connectivity index (χ1n) is 5.62. The Morgan fingerprint density at radius 3 is 2.62 bits per heavy atom. The fraction of sp³-hybridized carbons (Fsp3) is 1.00. The van der Waals surface area contributed by atoms with E-state index in [2.05, 4.69) is 19.3 Å². The molecule has 2 nitrogen and oxygen atoms in total. The Hall–Kier alpha value is -0.0800. The Morgan fingerprint density at radius 1 is 1.38 bits per heavy atom. The van der Waals surface area contributed by atoms with E-state index >= 15 is 0 Å². The van der Waals surface area contributed by atoms with Gasteiger partial charge in [-0.1, -0.05) is 12.8 Å². The highest BCUT2D eigenvalue weighted by molar-refractivity contribution is 5.09. The lowest BCUT2D eigenvalue weighted by Gasteiger charge is -2.54. The van der Waals surface area contributed by atoms with Gasteiger partial charge in [0.1, 0.15) is 0 Å². The first kappa shape index (κ1) is 9.47.